The summed E-state index contributed by atoms with van der Waals surface area (Å²) in [6.45, 7) is 0. The first-order valence-electron chi connectivity index (χ1n) is 4.71. The molecular formula is C11H10OS5. The van der Waals surface area contributed by atoms with E-state index in [9.17, 15) is 4.79 Å². The van der Waals surface area contributed by atoms with Crippen LogP contribution in [0.25, 0.3) is 6.08 Å². The first-order valence-corrected chi connectivity index (χ1v) is 9.61. The molecule has 0 saturated heterocycles. The second kappa shape index (κ2) is 6.43. The fourth-order valence-corrected chi connectivity index (χ4v) is 7.07. The van der Waals surface area contributed by atoms with Crippen LogP contribution in [0.15, 0.2) is 24.8 Å². The molecule has 0 bridgehead atoms. The third kappa shape index (κ3) is 3.38. The zero-order valence-electron chi connectivity index (χ0n) is 9.26. The predicted octanol–water partition coefficient (Wildman–Crippen LogP) is 5.19. The molecule has 0 aromatic carbocycles. The van der Waals surface area contributed by atoms with E-state index in [0.29, 0.717) is 0 Å². The van der Waals surface area contributed by atoms with Gasteiger partial charge in [0.2, 0.25) is 0 Å². The maximum absolute atomic E-state index is 10.6. The summed E-state index contributed by atoms with van der Waals surface area (Å²) in [5, 5.41) is 0. The van der Waals surface area contributed by atoms with Gasteiger partial charge in [-0.15, -0.1) is 34.9 Å². The Morgan fingerprint density at radius 2 is 1.65 bits per heavy atom. The summed E-state index contributed by atoms with van der Waals surface area (Å²) < 4.78 is 4.04. The molecule has 1 nitrogen and oxygen atoms in total. The first kappa shape index (κ1) is 13.7. The van der Waals surface area contributed by atoms with E-state index in [4.69, 9.17) is 0 Å². The second-order valence-corrected chi connectivity index (χ2v) is 8.67. The van der Waals surface area contributed by atoms with E-state index in [1.807, 2.05) is 35.7 Å². The maximum Gasteiger partial charge on any atom is 0.160 e. The fourth-order valence-electron chi connectivity index (χ4n) is 1.22. The summed E-state index contributed by atoms with van der Waals surface area (Å²) in [6.07, 6.45) is 7.28. The molecule has 2 rings (SSSR count). The molecule has 1 aliphatic rings. The predicted molar refractivity (Wildman–Crippen MR) is 86.9 cm³/mol. The van der Waals surface area contributed by atoms with Crippen molar-refractivity contribution in [2.45, 2.75) is 0 Å². The van der Waals surface area contributed by atoms with Crippen LogP contribution < -0.4 is 0 Å². The van der Waals surface area contributed by atoms with Crippen LogP contribution in [0, 0.1) is 0 Å². The Hall–Kier alpha value is 0.250. The summed E-state index contributed by atoms with van der Waals surface area (Å²) in [7, 11) is 0. The van der Waals surface area contributed by atoms with E-state index in [-0.39, 0.29) is 0 Å². The van der Waals surface area contributed by atoms with Gasteiger partial charge in [0.05, 0.1) is 17.6 Å². The van der Waals surface area contributed by atoms with Crippen molar-refractivity contribution in [3.05, 3.63) is 34.6 Å². The Balaban J connectivity index is 2.13. The molecule has 2 heterocycles. The van der Waals surface area contributed by atoms with Crippen LogP contribution in [-0.4, -0.2) is 18.8 Å². The summed E-state index contributed by atoms with van der Waals surface area (Å²) in [5.41, 5.74) is 0. The summed E-state index contributed by atoms with van der Waals surface area (Å²) in [4.78, 5) is 12.5. The normalized spacial score (nSPS) is 15.5. The Kier molecular flexibility index (Phi) is 5.17. The van der Waals surface area contributed by atoms with Crippen LogP contribution >= 0.6 is 58.4 Å². The number of thiophene rings is 1. The highest BCUT2D eigenvalue weighted by Crippen LogP contribution is 2.56. The Morgan fingerprint density at radius 3 is 2.12 bits per heavy atom. The van der Waals surface area contributed by atoms with Crippen molar-refractivity contribution in [3.63, 3.8) is 0 Å². The Labute approximate surface area is 122 Å². The van der Waals surface area contributed by atoms with Gasteiger partial charge >= 0.3 is 0 Å². The number of carbonyl (C=O) groups excluding carboxylic acids is 1. The van der Waals surface area contributed by atoms with Crippen LogP contribution in [0.4, 0.5) is 0 Å². The van der Waals surface area contributed by atoms with Crippen molar-refractivity contribution in [1.29, 1.82) is 0 Å². The lowest BCUT2D eigenvalue weighted by Crippen LogP contribution is -1.63. The Morgan fingerprint density at radius 1 is 1.06 bits per heavy atom. The first-order chi connectivity index (χ1) is 8.26. The molecule has 0 spiro atoms. The topological polar surface area (TPSA) is 17.1 Å². The van der Waals surface area contributed by atoms with Gasteiger partial charge < -0.3 is 0 Å². The molecule has 1 aliphatic heterocycles. The van der Waals surface area contributed by atoms with Crippen LogP contribution in [0.1, 0.15) is 14.5 Å². The van der Waals surface area contributed by atoms with Crippen molar-refractivity contribution in [2.75, 3.05) is 12.5 Å². The van der Waals surface area contributed by atoms with Crippen molar-refractivity contribution < 1.29 is 4.79 Å². The third-order valence-corrected chi connectivity index (χ3v) is 7.99. The molecule has 0 fully saturated rings. The van der Waals surface area contributed by atoms with E-state index in [2.05, 4.69) is 18.6 Å². The molecule has 0 atom stereocenters. The minimum Gasteiger partial charge on any atom is -0.297 e. The SMILES string of the molecule is CSC1=C(SC)SC(=Cc2ccc(C=O)s2)S1. The molecule has 0 radical (unpaired) electrons. The highest BCUT2D eigenvalue weighted by molar-refractivity contribution is 8.40. The monoisotopic (exact) mass is 318 g/mol. The van der Waals surface area contributed by atoms with Crippen LogP contribution in [-0.2, 0) is 0 Å². The lowest BCUT2D eigenvalue weighted by molar-refractivity contribution is 0.112. The average Bonchev–Trinajstić information content (AvgIpc) is 2.95. The minimum absolute atomic E-state index is 0.785. The van der Waals surface area contributed by atoms with Crippen molar-refractivity contribution >= 4 is 70.7 Å². The molecule has 1 aromatic rings. The number of rotatable bonds is 4. The second-order valence-electron chi connectivity index (χ2n) is 3.01. The summed E-state index contributed by atoms with van der Waals surface area (Å²) in [6, 6.07) is 3.87. The minimum atomic E-state index is 0.785. The van der Waals surface area contributed by atoms with Gasteiger partial charge in [0, 0.05) is 4.88 Å². The van der Waals surface area contributed by atoms with Crippen molar-refractivity contribution in [2.24, 2.45) is 0 Å². The number of carbonyl (C=O) groups is 1. The van der Waals surface area contributed by atoms with Crippen LogP contribution in [0.5, 0.6) is 0 Å². The highest BCUT2D eigenvalue weighted by Gasteiger charge is 2.19. The smallest absolute Gasteiger partial charge is 0.160 e. The zero-order chi connectivity index (χ0) is 12.3. The molecular weight excluding hydrogens is 308 g/mol. The number of aldehydes is 1. The summed E-state index contributed by atoms with van der Waals surface area (Å²) in [5.74, 6) is 0. The molecule has 0 aliphatic carbocycles. The lowest BCUT2D eigenvalue weighted by atomic mass is 10.4. The number of thioether (sulfide) groups is 4. The van der Waals surface area contributed by atoms with E-state index in [1.54, 1.807) is 23.5 Å². The largest absolute Gasteiger partial charge is 0.297 e. The standard InChI is InChI=1S/C11H10OS5/c1-13-10-11(14-2)17-9(16-10)5-7-3-4-8(6-12)15-7/h3-6H,1-2H3. The molecule has 0 N–H and O–H groups in total. The van der Waals surface area contributed by atoms with Gasteiger partial charge in [0.1, 0.15) is 0 Å². The molecule has 1 aromatic heterocycles. The van der Waals surface area contributed by atoms with Crippen LogP contribution in [0.2, 0.25) is 0 Å². The number of hydrogen-bond acceptors (Lipinski definition) is 6. The van der Waals surface area contributed by atoms with Crippen LogP contribution in [0.3, 0.4) is 0 Å². The summed E-state index contributed by atoms with van der Waals surface area (Å²) >= 11 is 8.77. The van der Waals surface area contributed by atoms with Crippen molar-refractivity contribution in [1.82, 2.24) is 0 Å². The molecule has 0 unspecified atom stereocenters. The molecule has 90 valence electrons. The van der Waals surface area contributed by atoms with Crippen molar-refractivity contribution in [3.8, 4) is 0 Å². The highest BCUT2D eigenvalue weighted by atomic mass is 32.3. The molecule has 0 saturated carbocycles. The van der Waals surface area contributed by atoms with E-state index in [0.717, 1.165) is 16.0 Å². The van der Waals surface area contributed by atoms with Gasteiger partial charge in [-0.1, -0.05) is 23.5 Å². The molecule has 0 amide bonds. The number of hydrogen-bond donors (Lipinski definition) is 0. The quantitative estimate of drug-likeness (QED) is 0.708. The van der Waals surface area contributed by atoms with Gasteiger partial charge in [-0.05, 0) is 30.7 Å². The lowest BCUT2D eigenvalue weighted by Gasteiger charge is -1.94. The van der Waals surface area contributed by atoms with Gasteiger partial charge in [0.25, 0.3) is 0 Å². The van der Waals surface area contributed by atoms with Gasteiger partial charge in [-0.2, -0.15) is 0 Å². The maximum atomic E-state index is 10.6. The molecule has 17 heavy (non-hydrogen) atoms. The van der Waals surface area contributed by atoms with E-state index in [1.165, 1.54) is 24.0 Å². The zero-order valence-corrected chi connectivity index (χ0v) is 13.3. The fraction of sp³-hybridized carbons (Fsp3) is 0.182. The van der Waals surface area contributed by atoms with Gasteiger partial charge in [0.15, 0.2) is 6.29 Å². The third-order valence-electron chi connectivity index (χ3n) is 1.95. The van der Waals surface area contributed by atoms with Gasteiger partial charge in [-0.3, -0.25) is 4.79 Å². The van der Waals surface area contributed by atoms with E-state index < -0.39 is 0 Å². The molecule has 6 heteroatoms. The van der Waals surface area contributed by atoms with E-state index >= 15 is 0 Å². The Bertz CT molecular complexity index is 468. The van der Waals surface area contributed by atoms with Gasteiger partial charge in [-0.25, -0.2) is 0 Å². The average molecular weight is 319 g/mol.